The van der Waals surface area contributed by atoms with Crippen LogP contribution in [0, 0.1) is 0 Å². The molecule has 1 aromatic carbocycles. The van der Waals surface area contributed by atoms with Crippen molar-refractivity contribution in [2.24, 2.45) is 0 Å². The lowest BCUT2D eigenvalue weighted by molar-refractivity contribution is -0.130. The van der Waals surface area contributed by atoms with E-state index in [4.69, 9.17) is 4.74 Å². The number of ether oxygens (including phenoxy) is 1. The van der Waals surface area contributed by atoms with Crippen LogP contribution in [-0.4, -0.2) is 30.2 Å². The molecular formula is C17H19NO3. The van der Waals surface area contributed by atoms with Gasteiger partial charge in [0.05, 0.1) is 7.11 Å². The van der Waals surface area contributed by atoms with Crippen LogP contribution in [0.25, 0.3) is 0 Å². The van der Waals surface area contributed by atoms with Crippen LogP contribution >= 0.6 is 0 Å². The second-order valence-corrected chi connectivity index (χ2v) is 5.50. The molecule has 1 aromatic rings. The third-order valence-electron chi connectivity index (χ3n) is 4.25. The van der Waals surface area contributed by atoms with Gasteiger partial charge >= 0.3 is 0 Å². The zero-order chi connectivity index (χ0) is 14.8. The van der Waals surface area contributed by atoms with Gasteiger partial charge in [0.1, 0.15) is 5.75 Å². The predicted octanol–water partition coefficient (Wildman–Crippen LogP) is 2.48. The number of carbonyl (C=O) groups is 2. The fraction of sp³-hybridized carbons (Fsp3) is 0.412. The molecule has 0 aromatic heterocycles. The van der Waals surface area contributed by atoms with Crippen molar-refractivity contribution in [3.63, 3.8) is 0 Å². The van der Waals surface area contributed by atoms with Gasteiger partial charge in [-0.25, -0.2) is 0 Å². The summed E-state index contributed by atoms with van der Waals surface area (Å²) in [5.41, 5.74) is 3.00. The molecule has 1 amide bonds. The maximum absolute atomic E-state index is 12.1. The Kier molecular flexibility index (Phi) is 3.78. The third kappa shape index (κ3) is 2.71. The summed E-state index contributed by atoms with van der Waals surface area (Å²) in [4.78, 5) is 25.8. The molecule has 0 unspecified atom stereocenters. The number of carbonyl (C=O) groups excluding carboxylic acids is 2. The van der Waals surface area contributed by atoms with E-state index in [1.165, 1.54) is 0 Å². The summed E-state index contributed by atoms with van der Waals surface area (Å²) >= 11 is 0. The van der Waals surface area contributed by atoms with E-state index in [1.807, 2.05) is 29.2 Å². The highest BCUT2D eigenvalue weighted by Gasteiger charge is 2.33. The number of rotatable bonds is 4. The minimum absolute atomic E-state index is 0.145. The number of hydrogen-bond donors (Lipinski definition) is 0. The predicted molar refractivity (Wildman–Crippen MR) is 78.9 cm³/mol. The fourth-order valence-corrected chi connectivity index (χ4v) is 3.12. The second kappa shape index (κ2) is 5.72. The quantitative estimate of drug-likeness (QED) is 0.854. The zero-order valence-corrected chi connectivity index (χ0v) is 12.2. The molecule has 110 valence electrons. The Morgan fingerprint density at radius 2 is 2.00 bits per heavy atom. The number of benzene rings is 1. The Hall–Kier alpha value is -2.10. The minimum atomic E-state index is 0.145. The first kappa shape index (κ1) is 13.9. The fourth-order valence-electron chi connectivity index (χ4n) is 3.12. The number of methoxy groups -OCH3 is 1. The smallest absolute Gasteiger partial charge is 0.227 e. The third-order valence-corrected chi connectivity index (χ3v) is 4.25. The van der Waals surface area contributed by atoms with Gasteiger partial charge in [0.15, 0.2) is 5.78 Å². The van der Waals surface area contributed by atoms with Gasteiger partial charge in [-0.2, -0.15) is 0 Å². The van der Waals surface area contributed by atoms with Gasteiger partial charge < -0.3 is 9.64 Å². The largest absolute Gasteiger partial charge is 0.497 e. The Balaban J connectivity index is 1.74. The molecule has 2 aliphatic rings. The lowest BCUT2D eigenvalue weighted by Crippen LogP contribution is -2.35. The molecule has 3 rings (SSSR count). The zero-order valence-electron chi connectivity index (χ0n) is 12.2. The monoisotopic (exact) mass is 285 g/mol. The molecule has 0 radical (unpaired) electrons. The molecule has 1 heterocycles. The van der Waals surface area contributed by atoms with Gasteiger partial charge in [-0.1, -0.05) is 12.1 Å². The van der Waals surface area contributed by atoms with Crippen LogP contribution in [0.2, 0.25) is 0 Å². The van der Waals surface area contributed by atoms with Crippen LogP contribution in [-0.2, 0) is 16.0 Å². The van der Waals surface area contributed by atoms with Crippen molar-refractivity contribution in [1.29, 1.82) is 0 Å². The lowest BCUT2D eigenvalue weighted by Gasteiger charge is -2.28. The average Bonchev–Trinajstić information content (AvgIpc) is 2.88. The topological polar surface area (TPSA) is 46.6 Å². The summed E-state index contributed by atoms with van der Waals surface area (Å²) in [7, 11) is 1.65. The molecule has 4 heteroatoms. The van der Waals surface area contributed by atoms with Gasteiger partial charge in [0, 0.05) is 30.7 Å². The van der Waals surface area contributed by atoms with Crippen LogP contribution in [0.1, 0.15) is 31.2 Å². The number of hydrogen-bond acceptors (Lipinski definition) is 3. The molecule has 0 spiro atoms. The first-order valence-corrected chi connectivity index (χ1v) is 7.37. The lowest BCUT2D eigenvalue weighted by atomic mass is 10.0. The van der Waals surface area contributed by atoms with Crippen molar-refractivity contribution in [1.82, 2.24) is 4.90 Å². The van der Waals surface area contributed by atoms with Gasteiger partial charge in [-0.05, 0) is 37.0 Å². The first-order valence-electron chi connectivity index (χ1n) is 7.37. The minimum Gasteiger partial charge on any atom is -0.497 e. The maximum Gasteiger partial charge on any atom is 0.227 e. The molecule has 0 saturated carbocycles. The van der Waals surface area contributed by atoms with Crippen LogP contribution < -0.4 is 4.74 Å². The van der Waals surface area contributed by atoms with E-state index in [1.54, 1.807) is 7.11 Å². The number of ketones is 1. The van der Waals surface area contributed by atoms with Gasteiger partial charge in [-0.15, -0.1) is 0 Å². The van der Waals surface area contributed by atoms with Crippen LogP contribution in [0.3, 0.4) is 0 Å². The van der Waals surface area contributed by atoms with Crippen molar-refractivity contribution in [3.8, 4) is 5.75 Å². The normalized spacial score (nSPS) is 18.2. The van der Waals surface area contributed by atoms with E-state index in [0.29, 0.717) is 25.8 Å². The van der Waals surface area contributed by atoms with E-state index >= 15 is 0 Å². The van der Waals surface area contributed by atoms with E-state index < -0.39 is 0 Å². The summed E-state index contributed by atoms with van der Waals surface area (Å²) in [6, 6.07) is 7.89. The highest BCUT2D eigenvalue weighted by molar-refractivity contribution is 6.01. The SMILES string of the molecule is COc1cccc(CCN2C(=O)CCC3=C2CCC3=O)c1. The second-order valence-electron chi connectivity index (χ2n) is 5.50. The summed E-state index contributed by atoms with van der Waals surface area (Å²) in [5.74, 6) is 1.20. The van der Waals surface area contributed by atoms with Crippen LogP contribution in [0.4, 0.5) is 0 Å². The van der Waals surface area contributed by atoms with Crippen molar-refractivity contribution in [3.05, 3.63) is 41.1 Å². The molecule has 0 bridgehead atoms. The highest BCUT2D eigenvalue weighted by Crippen LogP contribution is 2.33. The molecule has 4 nitrogen and oxygen atoms in total. The van der Waals surface area contributed by atoms with Crippen molar-refractivity contribution in [2.45, 2.75) is 32.1 Å². The Morgan fingerprint density at radius 3 is 2.81 bits per heavy atom. The average molecular weight is 285 g/mol. The molecule has 1 aliphatic heterocycles. The Labute approximate surface area is 124 Å². The van der Waals surface area contributed by atoms with Crippen LogP contribution in [0.5, 0.6) is 5.75 Å². The van der Waals surface area contributed by atoms with Gasteiger partial charge in [-0.3, -0.25) is 9.59 Å². The molecule has 1 aliphatic carbocycles. The van der Waals surface area contributed by atoms with Crippen molar-refractivity contribution in [2.75, 3.05) is 13.7 Å². The van der Waals surface area contributed by atoms with Gasteiger partial charge in [0.2, 0.25) is 5.91 Å². The van der Waals surface area contributed by atoms with Crippen molar-refractivity contribution >= 4 is 11.7 Å². The first-order chi connectivity index (χ1) is 10.2. The molecular weight excluding hydrogens is 266 g/mol. The summed E-state index contributed by atoms with van der Waals surface area (Å²) < 4.78 is 5.22. The molecule has 0 fully saturated rings. The summed E-state index contributed by atoms with van der Waals surface area (Å²) in [5, 5.41) is 0. The van der Waals surface area contributed by atoms with E-state index in [0.717, 1.165) is 35.4 Å². The van der Waals surface area contributed by atoms with E-state index in [2.05, 4.69) is 0 Å². The molecule has 0 N–H and O–H groups in total. The van der Waals surface area contributed by atoms with E-state index in [9.17, 15) is 9.59 Å². The highest BCUT2D eigenvalue weighted by atomic mass is 16.5. The Bertz CT molecular complexity index is 618. The number of nitrogens with zero attached hydrogens (tertiary/aromatic N) is 1. The number of amides is 1. The molecule has 0 atom stereocenters. The van der Waals surface area contributed by atoms with Gasteiger partial charge in [0.25, 0.3) is 0 Å². The summed E-state index contributed by atoms with van der Waals surface area (Å²) in [6.45, 7) is 0.637. The molecule has 21 heavy (non-hydrogen) atoms. The van der Waals surface area contributed by atoms with Crippen molar-refractivity contribution < 1.29 is 14.3 Å². The van der Waals surface area contributed by atoms with Crippen LogP contribution in [0.15, 0.2) is 35.5 Å². The number of Topliss-reactive ketones (excluding diaryl/α,β-unsaturated/α-hetero) is 1. The van der Waals surface area contributed by atoms with E-state index in [-0.39, 0.29) is 11.7 Å². The standard InChI is InChI=1S/C17H19NO3/c1-21-13-4-2-3-12(11-13)9-10-18-15-6-7-16(19)14(15)5-8-17(18)20/h2-4,11H,5-10H2,1H3. The maximum atomic E-state index is 12.1. The molecule has 0 saturated heterocycles. The number of allylic oxidation sites excluding steroid dienone is 2. The Morgan fingerprint density at radius 1 is 1.14 bits per heavy atom. The summed E-state index contributed by atoms with van der Waals surface area (Å²) in [6.07, 6.45) is 3.14.